The Balaban J connectivity index is 1.58. The lowest BCUT2D eigenvalue weighted by Crippen LogP contribution is -2.50. The third kappa shape index (κ3) is 3.94. The van der Waals surface area contributed by atoms with Gasteiger partial charge in [0.2, 0.25) is 5.88 Å². The summed E-state index contributed by atoms with van der Waals surface area (Å²) >= 11 is 0. The molecule has 0 radical (unpaired) electrons. The minimum atomic E-state index is -0.416. The van der Waals surface area contributed by atoms with E-state index in [9.17, 15) is 9.59 Å². The average Bonchev–Trinajstić information content (AvgIpc) is 3.29. The SMILES string of the molecule is Cc1ccc(-n2nccn2)c(C(=O)N2CCC[C@@H](C(=O)Oc3ccccn3)[C@@H]2C)c1. The second kappa shape index (κ2) is 8.44. The molecule has 0 spiro atoms. The number of aromatic nitrogens is 4. The Hall–Kier alpha value is -3.55. The van der Waals surface area contributed by atoms with Crippen LogP contribution in [0.5, 0.6) is 5.88 Å². The topological polar surface area (TPSA) is 90.2 Å². The fourth-order valence-corrected chi connectivity index (χ4v) is 3.82. The second-order valence-corrected chi connectivity index (χ2v) is 7.42. The van der Waals surface area contributed by atoms with Gasteiger partial charge in [-0.3, -0.25) is 9.59 Å². The molecule has 1 aliphatic heterocycles. The van der Waals surface area contributed by atoms with E-state index in [0.717, 1.165) is 12.0 Å². The molecule has 0 bridgehead atoms. The zero-order valence-corrected chi connectivity index (χ0v) is 16.9. The number of aryl methyl sites for hydroxylation is 1. The summed E-state index contributed by atoms with van der Waals surface area (Å²) in [5.74, 6) is -0.657. The second-order valence-electron chi connectivity index (χ2n) is 7.42. The summed E-state index contributed by atoms with van der Waals surface area (Å²) in [4.78, 5) is 33.5. The molecular formula is C22H23N5O3. The van der Waals surface area contributed by atoms with E-state index in [2.05, 4.69) is 15.2 Å². The number of rotatable bonds is 4. The van der Waals surface area contributed by atoms with Crippen LogP contribution in [0.2, 0.25) is 0 Å². The van der Waals surface area contributed by atoms with Gasteiger partial charge in [0.05, 0.1) is 29.6 Å². The van der Waals surface area contributed by atoms with E-state index in [4.69, 9.17) is 4.74 Å². The van der Waals surface area contributed by atoms with Gasteiger partial charge in [-0.2, -0.15) is 15.0 Å². The number of hydrogen-bond acceptors (Lipinski definition) is 6. The molecule has 3 heterocycles. The van der Waals surface area contributed by atoms with E-state index in [1.165, 1.54) is 4.80 Å². The molecule has 8 heteroatoms. The van der Waals surface area contributed by atoms with Crippen LogP contribution in [-0.4, -0.2) is 49.3 Å². The molecule has 1 fully saturated rings. The molecule has 0 saturated carbocycles. The lowest BCUT2D eigenvalue weighted by atomic mass is 9.89. The van der Waals surface area contributed by atoms with Gasteiger partial charge in [0.15, 0.2) is 0 Å². The van der Waals surface area contributed by atoms with Gasteiger partial charge < -0.3 is 9.64 Å². The Kier molecular flexibility index (Phi) is 5.56. The molecule has 1 aromatic carbocycles. The summed E-state index contributed by atoms with van der Waals surface area (Å²) in [6, 6.07) is 10.5. The summed E-state index contributed by atoms with van der Waals surface area (Å²) in [7, 11) is 0. The van der Waals surface area contributed by atoms with Crippen LogP contribution in [0.15, 0.2) is 55.0 Å². The number of ether oxygens (including phenoxy) is 1. The van der Waals surface area contributed by atoms with Crippen molar-refractivity contribution in [3.05, 3.63) is 66.1 Å². The molecule has 0 N–H and O–H groups in total. The highest BCUT2D eigenvalue weighted by atomic mass is 16.5. The van der Waals surface area contributed by atoms with Crippen LogP contribution in [0.4, 0.5) is 0 Å². The maximum atomic E-state index is 13.5. The van der Waals surface area contributed by atoms with Gasteiger partial charge in [-0.1, -0.05) is 17.7 Å². The number of benzene rings is 1. The van der Waals surface area contributed by atoms with E-state index in [1.807, 2.05) is 32.0 Å². The van der Waals surface area contributed by atoms with Crippen LogP contribution in [0, 0.1) is 12.8 Å². The van der Waals surface area contributed by atoms with Crippen molar-refractivity contribution < 1.29 is 14.3 Å². The predicted molar refractivity (Wildman–Crippen MR) is 109 cm³/mol. The molecule has 0 aliphatic carbocycles. The number of carbonyl (C=O) groups is 2. The number of hydrogen-bond donors (Lipinski definition) is 0. The molecule has 154 valence electrons. The molecule has 1 amide bonds. The van der Waals surface area contributed by atoms with Crippen molar-refractivity contribution in [1.82, 2.24) is 24.9 Å². The van der Waals surface area contributed by atoms with Crippen molar-refractivity contribution in [3.8, 4) is 11.6 Å². The number of likely N-dealkylation sites (tertiary alicyclic amines) is 1. The number of amides is 1. The molecule has 8 nitrogen and oxygen atoms in total. The van der Waals surface area contributed by atoms with Gasteiger partial charge in [-0.25, -0.2) is 4.98 Å². The first kappa shape index (κ1) is 19.8. The van der Waals surface area contributed by atoms with Crippen LogP contribution in [-0.2, 0) is 4.79 Å². The van der Waals surface area contributed by atoms with Crippen molar-refractivity contribution in [2.45, 2.75) is 32.7 Å². The van der Waals surface area contributed by atoms with Crippen LogP contribution in [0.25, 0.3) is 5.69 Å². The fraction of sp³-hybridized carbons (Fsp3) is 0.318. The monoisotopic (exact) mass is 405 g/mol. The highest BCUT2D eigenvalue weighted by Gasteiger charge is 2.37. The Morgan fingerprint density at radius 2 is 1.90 bits per heavy atom. The number of esters is 1. The standard InChI is InChI=1S/C22H23N5O3/c1-15-8-9-19(27-24-11-12-25-27)18(14-15)21(28)26-13-5-6-17(16(26)2)22(29)30-20-7-3-4-10-23-20/h3-4,7-12,14,16-17H,5-6,13H2,1-2H3/t16-,17+/m0/s1. The van der Waals surface area contributed by atoms with Gasteiger partial charge >= 0.3 is 5.97 Å². The minimum Gasteiger partial charge on any atom is -0.407 e. The predicted octanol–water partition coefficient (Wildman–Crippen LogP) is 2.82. The first-order chi connectivity index (χ1) is 14.5. The lowest BCUT2D eigenvalue weighted by Gasteiger charge is -2.38. The third-order valence-electron chi connectivity index (χ3n) is 5.41. The van der Waals surface area contributed by atoms with Crippen molar-refractivity contribution in [3.63, 3.8) is 0 Å². The van der Waals surface area contributed by atoms with Gasteiger partial charge in [-0.15, -0.1) is 0 Å². The molecule has 2 aromatic heterocycles. The van der Waals surface area contributed by atoms with Gasteiger partial charge in [0.1, 0.15) is 0 Å². The van der Waals surface area contributed by atoms with Crippen molar-refractivity contribution in [1.29, 1.82) is 0 Å². The Bertz CT molecular complexity index is 1040. The van der Waals surface area contributed by atoms with E-state index in [0.29, 0.717) is 24.2 Å². The number of carbonyl (C=O) groups excluding carboxylic acids is 2. The summed E-state index contributed by atoms with van der Waals surface area (Å²) in [6.07, 6.45) is 6.10. The first-order valence-electron chi connectivity index (χ1n) is 9.95. The molecule has 1 saturated heterocycles. The van der Waals surface area contributed by atoms with Crippen LogP contribution in [0.1, 0.15) is 35.7 Å². The van der Waals surface area contributed by atoms with Crippen LogP contribution >= 0.6 is 0 Å². The van der Waals surface area contributed by atoms with Crippen molar-refractivity contribution in [2.75, 3.05) is 6.54 Å². The van der Waals surface area contributed by atoms with Crippen LogP contribution in [0.3, 0.4) is 0 Å². The zero-order valence-electron chi connectivity index (χ0n) is 16.9. The largest absolute Gasteiger partial charge is 0.407 e. The Labute approximate surface area is 174 Å². The molecule has 2 atom stereocenters. The lowest BCUT2D eigenvalue weighted by molar-refractivity contribution is -0.142. The van der Waals surface area contributed by atoms with Crippen molar-refractivity contribution in [2.24, 2.45) is 5.92 Å². The molecule has 30 heavy (non-hydrogen) atoms. The fourth-order valence-electron chi connectivity index (χ4n) is 3.82. The molecule has 4 rings (SSSR count). The summed E-state index contributed by atoms with van der Waals surface area (Å²) in [5, 5.41) is 8.33. The quantitative estimate of drug-likeness (QED) is 0.620. The maximum absolute atomic E-state index is 13.5. The molecule has 1 aliphatic rings. The van der Waals surface area contributed by atoms with Crippen molar-refractivity contribution >= 4 is 11.9 Å². The van der Waals surface area contributed by atoms with Gasteiger partial charge in [0.25, 0.3) is 5.91 Å². The molecule has 0 unspecified atom stereocenters. The number of pyridine rings is 1. The summed E-state index contributed by atoms with van der Waals surface area (Å²) in [6.45, 7) is 4.40. The number of piperidine rings is 1. The highest BCUT2D eigenvalue weighted by molar-refractivity contribution is 5.98. The summed E-state index contributed by atoms with van der Waals surface area (Å²) < 4.78 is 5.45. The smallest absolute Gasteiger partial charge is 0.317 e. The summed E-state index contributed by atoms with van der Waals surface area (Å²) in [5.41, 5.74) is 2.09. The minimum absolute atomic E-state index is 0.145. The van der Waals surface area contributed by atoms with E-state index in [-0.39, 0.29) is 23.8 Å². The first-order valence-corrected chi connectivity index (χ1v) is 9.95. The molecular weight excluding hydrogens is 382 g/mol. The highest BCUT2D eigenvalue weighted by Crippen LogP contribution is 2.28. The average molecular weight is 405 g/mol. The third-order valence-corrected chi connectivity index (χ3v) is 5.41. The molecule has 3 aromatic rings. The zero-order chi connectivity index (χ0) is 21.1. The Morgan fingerprint density at radius 3 is 2.63 bits per heavy atom. The normalized spacial score (nSPS) is 18.8. The van der Waals surface area contributed by atoms with E-state index >= 15 is 0 Å². The Morgan fingerprint density at radius 1 is 1.10 bits per heavy atom. The maximum Gasteiger partial charge on any atom is 0.317 e. The van der Waals surface area contributed by atoms with E-state index in [1.54, 1.807) is 41.7 Å². The number of nitrogens with zero attached hydrogens (tertiary/aromatic N) is 5. The van der Waals surface area contributed by atoms with E-state index < -0.39 is 5.92 Å². The van der Waals surface area contributed by atoms with Gasteiger partial charge in [0, 0.05) is 24.8 Å². The van der Waals surface area contributed by atoms with Crippen LogP contribution < -0.4 is 4.74 Å². The van der Waals surface area contributed by atoms with Gasteiger partial charge in [-0.05, 0) is 44.9 Å².